The molecule has 0 aromatic heterocycles. The number of carbonyl (C=O) groups is 2. The summed E-state index contributed by atoms with van der Waals surface area (Å²) in [5, 5.41) is 12.1. The van der Waals surface area contributed by atoms with Gasteiger partial charge in [0.05, 0.1) is 5.92 Å². The average Bonchev–Trinajstić information content (AvgIpc) is 2.37. The molecule has 0 aliphatic heterocycles. The van der Waals surface area contributed by atoms with Gasteiger partial charge in [0.2, 0.25) is 0 Å². The second-order valence-corrected chi connectivity index (χ2v) is 6.24. The van der Waals surface area contributed by atoms with E-state index in [2.05, 4.69) is 21.2 Å². The van der Waals surface area contributed by atoms with Crippen LogP contribution in [0.3, 0.4) is 0 Å². The molecule has 1 aliphatic carbocycles. The van der Waals surface area contributed by atoms with Crippen molar-refractivity contribution in [3.8, 4) is 0 Å². The molecule has 0 spiro atoms. The van der Waals surface area contributed by atoms with Gasteiger partial charge in [0.25, 0.3) is 5.91 Å². The van der Waals surface area contributed by atoms with Gasteiger partial charge >= 0.3 is 5.97 Å². The molecule has 1 fully saturated rings. The van der Waals surface area contributed by atoms with Crippen molar-refractivity contribution >= 4 is 27.8 Å². The lowest BCUT2D eigenvalue weighted by molar-refractivity contribution is -0.143. The number of aryl methyl sites for hydroxylation is 1. The summed E-state index contributed by atoms with van der Waals surface area (Å²) >= 11 is 3.37. The summed E-state index contributed by atoms with van der Waals surface area (Å²) in [4.78, 5) is 23.5. The molecule has 1 aromatic carbocycles. The number of aliphatic carboxylic acids is 1. The highest BCUT2D eigenvalue weighted by molar-refractivity contribution is 9.10. The molecule has 2 atom stereocenters. The number of halogens is 1. The van der Waals surface area contributed by atoms with Crippen molar-refractivity contribution < 1.29 is 14.7 Å². The monoisotopic (exact) mass is 339 g/mol. The van der Waals surface area contributed by atoms with Crippen molar-refractivity contribution in [3.05, 3.63) is 33.8 Å². The molecule has 0 saturated heterocycles. The summed E-state index contributed by atoms with van der Waals surface area (Å²) in [6.07, 6.45) is 3.25. The van der Waals surface area contributed by atoms with E-state index >= 15 is 0 Å². The van der Waals surface area contributed by atoms with Crippen molar-refractivity contribution in [3.63, 3.8) is 0 Å². The van der Waals surface area contributed by atoms with Gasteiger partial charge in [-0.1, -0.05) is 28.8 Å². The predicted molar refractivity (Wildman–Crippen MR) is 79.7 cm³/mol. The van der Waals surface area contributed by atoms with Crippen molar-refractivity contribution in [2.24, 2.45) is 5.92 Å². The summed E-state index contributed by atoms with van der Waals surface area (Å²) in [6.45, 7) is 1.92. The first-order chi connectivity index (χ1) is 9.47. The fraction of sp³-hybridized carbons (Fsp3) is 0.467. The number of carboxylic acid groups (broad SMARTS) is 1. The first kappa shape index (κ1) is 15.0. The standard InChI is InChI=1S/C15H18BrNO3/c1-9-6-10(8-11(16)7-9)14(18)17-13-5-3-2-4-12(13)15(19)20/h6-8,12-13H,2-5H2,1H3,(H,17,18)(H,19,20). The van der Waals surface area contributed by atoms with E-state index in [1.165, 1.54) is 0 Å². The third-order valence-corrected chi connectivity index (χ3v) is 4.16. The van der Waals surface area contributed by atoms with Gasteiger partial charge in [-0.15, -0.1) is 0 Å². The molecule has 1 saturated carbocycles. The molecule has 2 rings (SSSR count). The van der Waals surface area contributed by atoms with Crippen LogP contribution in [0.2, 0.25) is 0 Å². The quantitative estimate of drug-likeness (QED) is 0.888. The number of hydrogen-bond donors (Lipinski definition) is 2. The van der Waals surface area contributed by atoms with E-state index < -0.39 is 11.9 Å². The van der Waals surface area contributed by atoms with E-state index in [9.17, 15) is 14.7 Å². The number of nitrogens with one attached hydrogen (secondary N) is 1. The highest BCUT2D eigenvalue weighted by atomic mass is 79.9. The maximum Gasteiger partial charge on any atom is 0.308 e. The number of carboxylic acids is 1. The number of amides is 1. The Bertz CT molecular complexity index is 510. The van der Waals surface area contributed by atoms with E-state index in [0.717, 1.165) is 29.3 Å². The number of rotatable bonds is 3. The van der Waals surface area contributed by atoms with Crippen LogP contribution in [0.1, 0.15) is 41.6 Å². The lowest BCUT2D eigenvalue weighted by Gasteiger charge is -2.29. The topological polar surface area (TPSA) is 66.4 Å². The summed E-state index contributed by atoms with van der Waals surface area (Å²) in [5.41, 5.74) is 1.55. The molecular formula is C15H18BrNO3. The molecule has 1 aromatic rings. The molecule has 1 amide bonds. The molecule has 1 aliphatic rings. The highest BCUT2D eigenvalue weighted by Gasteiger charge is 2.31. The third-order valence-electron chi connectivity index (χ3n) is 3.70. The number of hydrogen-bond acceptors (Lipinski definition) is 2. The molecule has 5 heteroatoms. The van der Waals surface area contributed by atoms with Gasteiger partial charge in [-0.2, -0.15) is 0 Å². The summed E-state index contributed by atoms with van der Waals surface area (Å²) in [6, 6.07) is 5.21. The van der Waals surface area contributed by atoms with Gasteiger partial charge < -0.3 is 10.4 Å². The van der Waals surface area contributed by atoms with Gasteiger partial charge in [-0.05, 0) is 43.5 Å². The summed E-state index contributed by atoms with van der Waals surface area (Å²) < 4.78 is 0.848. The van der Waals surface area contributed by atoms with Crippen LogP contribution >= 0.6 is 15.9 Å². The Morgan fingerprint density at radius 3 is 2.60 bits per heavy atom. The molecule has 0 bridgehead atoms. The fourth-order valence-corrected chi connectivity index (χ4v) is 3.33. The minimum Gasteiger partial charge on any atom is -0.481 e. The zero-order chi connectivity index (χ0) is 14.7. The second-order valence-electron chi connectivity index (χ2n) is 5.33. The molecule has 2 N–H and O–H groups in total. The maximum atomic E-state index is 12.3. The van der Waals surface area contributed by atoms with Crippen LogP contribution in [0.5, 0.6) is 0 Å². The Morgan fingerprint density at radius 2 is 1.95 bits per heavy atom. The first-order valence-electron chi connectivity index (χ1n) is 6.78. The second kappa shape index (κ2) is 6.39. The Labute approximate surface area is 126 Å². The summed E-state index contributed by atoms with van der Waals surface area (Å²) in [7, 11) is 0. The Hall–Kier alpha value is -1.36. The zero-order valence-corrected chi connectivity index (χ0v) is 12.9. The van der Waals surface area contributed by atoms with Gasteiger partial charge in [0.15, 0.2) is 0 Å². The van der Waals surface area contributed by atoms with Crippen LogP contribution in [0.4, 0.5) is 0 Å². The van der Waals surface area contributed by atoms with E-state index in [1.807, 2.05) is 13.0 Å². The Kier molecular flexibility index (Phi) is 4.81. The van der Waals surface area contributed by atoms with Gasteiger partial charge in [0.1, 0.15) is 0 Å². The van der Waals surface area contributed by atoms with E-state index in [4.69, 9.17) is 0 Å². The van der Waals surface area contributed by atoms with E-state index in [1.54, 1.807) is 12.1 Å². The fourth-order valence-electron chi connectivity index (χ4n) is 2.72. The maximum absolute atomic E-state index is 12.3. The van der Waals surface area contributed by atoms with Crippen LogP contribution < -0.4 is 5.32 Å². The van der Waals surface area contributed by atoms with E-state index in [0.29, 0.717) is 12.0 Å². The minimum atomic E-state index is -0.819. The van der Waals surface area contributed by atoms with Crippen LogP contribution in [-0.2, 0) is 4.79 Å². The van der Waals surface area contributed by atoms with Gasteiger partial charge in [-0.25, -0.2) is 0 Å². The van der Waals surface area contributed by atoms with Crippen LogP contribution in [0.25, 0.3) is 0 Å². The van der Waals surface area contributed by atoms with Crippen molar-refractivity contribution in [2.75, 3.05) is 0 Å². The largest absolute Gasteiger partial charge is 0.481 e. The normalized spacial score (nSPS) is 22.3. The van der Waals surface area contributed by atoms with Gasteiger partial charge in [0, 0.05) is 16.1 Å². The lowest BCUT2D eigenvalue weighted by atomic mass is 9.84. The zero-order valence-electron chi connectivity index (χ0n) is 11.4. The Morgan fingerprint density at radius 1 is 1.25 bits per heavy atom. The van der Waals surface area contributed by atoms with Crippen molar-refractivity contribution in [1.29, 1.82) is 0 Å². The van der Waals surface area contributed by atoms with Crippen LogP contribution in [0, 0.1) is 12.8 Å². The smallest absolute Gasteiger partial charge is 0.308 e. The first-order valence-corrected chi connectivity index (χ1v) is 7.57. The van der Waals surface area contributed by atoms with Crippen molar-refractivity contribution in [1.82, 2.24) is 5.32 Å². The molecule has 20 heavy (non-hydrogen) atoms. The Balaban J connectivity index is 2.11. The minimum absolute atomic E-state index is 0.201. The van der Waals surface area contributed by atoms with Crippen LogP contribution in [0.15, 0.2) is 22.7 Å². The van der Waals surface area contributed by atoms with Crippen LogP contribution in [-0.4, -0.2) is 23.0 Å². The molecular weight excluding hydrogens is 322 g/mol. The predicted octanol–water partition coefficient (Wildman–Crippen LogP) is 3.13. The highest BCUT2D eigenvalue weighted by Crippen LogP contribution is 2.25. The molecule has 2 unspecified atom stereocenters. The van der Waals surface area contributed by atoms with Crippen molar-refractivity contribution in [2.45, 2.75) is 38.6 Å². The SMILES string of the molecule is Cc1cc(Br)cc(C(=O)NC2CCCCC2C(=O)O)c1. The van der Waals surface area contributed by atoms with Gasteiger partial charge in [-0.3, -0.25) is 9.59 Å². The third kappa shape index (κ3) is 3.60. The molecule has 0 radical (unpaired) electrons. The average molecular weight is 340 g/mol. The summed E-state index contributed by atoms with van der Waals surface area (Å²) in [5.74, 6) is -1.49. The molecule has 4 nitrogen and oxygen atoms in total. The molecule has 108 valence electrons. The lowest BCUT2D eigenvalue weighted by Crippen LogP contribution is -2.45. The molecule has 0 heterocycles. The number of carbonyl (C=O) groups excluding carboxylic acids is 1. The van der Waals surface area contributed by atoms with E-state index in [-0.39, 0.29) is 11.9 Å². The number of benzene rings is 1.